The fourth-order valence-corrected chi connectivity index (χ4v) is 1.17. The van der Waals surface area contributed by atoms with E-state index >= 15 is 0 Å². The Morgan fingerprint density at radius 2 is 2.24 bits per heavy atom. The lowest BCUT2D eigenvalue weighted by Gasteiger charge is -2.08. The Hall–Kier alpha value is -1.25. The van der Waals surface area contributed by atoms with E-state index in [-0.39, 0.29) is 13.5 Å². The standard InChI is InChI=1S/C7H12N3O6P/c11-7-8-2-1-6(10-7)9-3-15-4-16-5-17(12,13)14/h1-2H,3-5H2,(H2,12,13,14)(H2,8,9,10,11). The summed E-state index contributed by atoms with van der Waals surface area (Å²) >= 11 is 0. The molecule has 1 rings (SSSR count). The molecule has 0 bridgehead atoms. The second-order valence-electron chi connectivity index (χ2n) is 2.93. The summed E-state index contributed by atoms with van der Waals surface area (Å²) in [6.07, 6.45) is 0.630. The molecule has 0 aliphatic heterocycles. The fourth-order valence-electron chi connectivity index (χ4n) is 0.857. The van der Waals surface area contributed by atoms with Crippen LogP contribution in [0, 0.1) is 0 Å². The van der Waals surface area contributed by atoms with Gasteiger partial charge in [0.25, 0.3) is 0 Å². The zero-order chi connectivity index (χ0) is 12.7. The van der Waals surface area contributed by atoms with Crippen LogP contribution in [0.25, 0.3) is 0 Å². The molecule has 0 aliphatic rings. The first-order valence-electron chi connectivity index (χ1n) is 4.46. The van der Waals surface area contributed by atoms with Gasteiger partial charge in [-0.25, -0.2) is 9.78 Å². The van der Waals surface area contributed by atoms with Crippen LogP contribution in [0.2, 0.25) is 0 Å². The number of hydrogen-bond acceptors (Lipinski definition) is 6. The molecule has 4 N–H and O–H groups in total. The molecule has 17 heavy (non-hydrogen) atoms. The van der Waals surface area contributed by atoms with Crippen molar-refractivity contribution in [3.8, 4) is 0 Å². The molecule has 1 aromatic heterocycles. The average molecular weight is 265 g/mol. The van der Waals surface area contributed by atoms with Crippen molar-refractivity contribution in [2.24, 2.45) is 0 Å². The summed E-state index contributed by atoms with van der Waals surface area (Å²) in [5.41, 5.74) is -0.493. The van der Waals surface area contributed by atoms with E-state index in [9.17, 15) is 9.36 Å². The van der Waals surface area contributed by atoms with E-state index in [1.165, 1.54) is 12.3 Å². The number of aromatic amines is 1. The van der Waals surface area contributed by atoms with Crippen LogP contribution in [-0.4, -0.2) is 39.6 Å². The number of hydrogen-bond donors (Lipinski definition) is 4. The van der Waals surface area contributed by atoms with Gasteiger partial charge in [-0.2, -0.15) is 0 Å². The minimum Gasteiger partial charge on any atom is -0.349 e. The maximum absolute atomic E-state index is 10.8. The van der Waals surface area contributed by atoms with Crippen molar-refractivity contribution in [1.82, 2.24) is 9.97 Å². The number of H-pyrrole nitrogens is 1. The summed E-state index contributed by atoms with van der Waals surface area (Å²) in [6.45, 7) is -0.255. The summed E-state index contributed by atoms with van der Waals surface area (Å²) < 4.78 is 19.8. The number of rotatable bonds is 7. The highest BCUT2D eigenvalue weighted by molar-refractivity contribution is 7.51. The van der Waals surface area contributed by atoms with Crippen molar-refractivity contribution in [2.45, 2.75) is 0 Å². The maximum Gasteiger partial charge on any atom is 0.351 e. The molecule has 0 fully saturated rings. The number of nitrogens with zero attached hydrogens (tertiary/aromatic N) is 1. The molecule has 0 unspecified atom stereocenters. The van der Waals surface area contributed by atoms with E-state index in [0.29, 0.717) is 5.82 Å². The van der Waals surface area contributed by atoms with E-state index in [1.54, 1.807) is 0 Å². The summed E-state index contributed by atoms with van der Waals surface area (Å²) in [7, 11) is -4.16. The van der Waals surface area contributed by atoms with Crippen LogP contribution in [0.4, 0.5) is 5.82 Å². The van der Waals surface area contributed by atoms with Gasteiger partial charge in [-0.3, -0.25) is 9.55 Å². The predicted octanol–water partition coefficient (Wildman–Crippen LogP) is -0.735. The van der Waals surface area contributed by atoms with Crippen molar-refractivity contribution in [2.75, 3.05) is 25.2 Å². The first kappa shape index (κ1) is 13.8. The van der Waals surface area contributed by atoms with Gasteiger partial charge in [0.05, 0.1) is 0 Å². The van der Waals surface area contributed by atoms with E-state index < -0.39 is 19.6 Å². The monoisotopic (exact) mass is 265 g/mol. The summed E-state index contributed by atoms with van der Waals surface area (Å²) in [6, 6.07) is 1.53. The SMILES string of the molecule is O=c1nccc(NCOCOCP(=O)(O)O)[nH]1. The van der Waals surface area contributed by atoms with Gasteiger partial charge in [-0.05, 0) is 6.07 Å². The average Bonchev–Trinajstić information content (AvgIpc) is 2.22. The molecule has 0 amide bonds. The lowest BCUT2D eigenvalue weighted by Crippen LogP contribution is -2.15. The Bertz CT molecular complexity index is 443. The number of aromatic nitrogens is 2. The first-order chi connectivity index (χ1) is 7.97. The first-order valence-corrected chi connectivity index (χ1v) is 6.26. The van der Waals surface area contributed by atoms with Crippen LogP contribution >= 0.6 is 7.60 Å². The van der Waals surface area contributed by atoms with E-state index in [2.05, 4.69) is 20.0 Å². The molecule has 1 heterocycles. The highest BCUT2D eigenvalue weighted by Gasteiger charge is 2.11. The van der Waals surface area contributed by atoms with Gasteiger partial charge >= 0.3 is 13.3 Å². The molecule has 0 saturated heterocycles. The Labute approximate surface area is 96.0 Å². The van der Waals surface area contributed by atoms with Crippen molar-refractivity contribution < 1.29 is 23.8 Å². The van der Waals surface area contributed by atoms with Crippen molar-refractivity contribution >= 4 is 13.4 Å². The van der Waals surface area contributed by atoms with Crippen molar-refractivity contribution in [1.29, 1.82) is 0 Å². The topological polar surface area (TPSA) is 134 Å². The molecule has 10 heteroatoms. The van der Waals surface area contributed by atoms with Crippen molar-refractivity contribution in [3.63, 3.8) is 0 Å². The molecule has 0 saturated carbocycles. The largest absolute Gasteiger partial charge is 0.351 e. The minimum absolute atomic E-state index is 0.0150. The third kappa shape index (κ3) is 6.82. The van der Waals surface area contributed by atoms with Crippen LogP contribution < -0.4 is 11.0 Å². The van der Waals surface area contributed by atoms with E-state index in [0.717, 1.165) is 0 Å². The van der Waals surface area contributed by atoms with Gasteiger partial charge in [0, 0.05) is 6.20 Å². The molecular formula is C7H12N3O6P. The summed E-state index contributed by atoms with van der Waals surface area (Å²) in [5, 5.41) is 2.69. The Morgan fingerprint density at radius 3 is 2.88 bits per heavy atom. The molecule has 0 aliphatic carbocycles. The third-order valence-electron chi connectivity index (χ3n) is 1.47. The summed E-state index contributed by atoms with van der Waals surface area (Å²) in [4.78, 5) is 33.5. The quantitative estimate of drug-likeness (QED) is 0.288. The zero-order valence-electron chi connectivity index (χ0n) is 8.70. The van der Waals surface area contributed by atoms with Crippen LogP contribution in [0.15, 0.2) is 17.1 Å². The van der Waals surface area contributed by atoms with Crippen LogP contribution in [0.3, 0.4) is 0 Å². The minimum atomic E-state index is -4.16. The fraction of sp³-hybridized carbons (Fsp3) is 0.429. The van der Waals surface area contributed by atoms with Crippen molar-refractivity contribution in [3.05, 3.63) is 22.7 Å². The highest BCUT2D eigenvalue weighted by atomic mass is 31.2. The van der Waals surface area contributed by atoms with Gasteiger partial charge in [-0.15, -0.1) is 0 Å². The van der Waals surface area contributed by atoms with E-state index in [1.807, 2.05) is 0 Å². The number of nitrogens with one attached hydrogen (secondary N) is 2. The van der Waals surface area contributed by atoms with Gasteiger partial charge in [0.15, 0.2) is 6.35 Å². The smallest absolute Gasteiger partial charge is 0.349 e. The van der Waals surface area contributed by atoms with Crippen LogP contribution in [0.1, 0.15) is 0 Å². The molecule has 0 atom stereocenters. The third-order valence-corrected chi connectivity index (χ3v) is 1.98. The molecule has 0 aromatic carbocycles. The van der Waals surface area contributed by atoms with Crippen LogP contribution in [0.5, 0.6) is 0 Å². The van der Waals surface area contributed by atoms with Crippen LogP contribution in [-0.2, 0) is 14.0 Å². The van der Waals surface area contributed by atoms with Gasteiger partial charge in [-0.1, -0.05) is 0 Å². The second kappa shape index (κ2) is 6.48. The lowest BCUT2D eigenvalue weighted by atomic mass is 10.6. The zero-order valence-corrected chi connectivity index (χ0v) is 9.59. The molecule has 0 spiro atoms. The lowest BCUT2D eigenvalue weighted by molar-refractivity contribution is -0.0350. The second-order valence-corrected chi connectivity index (χ2v) is 4.52. The molecule has 0 radical (unpaired) electrons. The number of ether oxygens (including phenoxy) is 2. The van der Waals surface area contributed by atoms with Gasteiger partial charge < -0.3 is 24.6 Å². The molecule has 96 valence electrons. The predicted molar refractivity (Wildman–Crippen MR) is 57.3 cm³/mol. The highest BCUT2D eigenvalue weighted by Crippen LogP contribution is 2.33. The Morgan fingerprint density at radius 1 is 1.47 bits per heavy atom. The Kier molecular flexibility index (Phi) is 5.26. The van der Waals surface area contributed by atoms with E-state index in [4.69, 9.17) is 14.5 Å². The summed E-state index contributed by atoms with van der Waals surface area (Å²) in [5.74, 6) is 0.417. The van der Waals surface area contributed by atoms with Gasteiger partial charge in [0.2, 0.25) is 0 Å². The Balaban J connectivity index is 2.13. The number of anilines is 1. The molecule has 1 aromatic rings. The normalized spacial score (nSPS) is 11.4. The molecule has 9 nitrogen and oxygen atoms in total. The van der Waals surface area contributed by atoms with Gasteiger partial charge in [0.1, 0.15) is 19.3 Å². The molecular weight excluding hydrogens is 253 g/mol. The maximum atomic E-state index is 10.8.